The van der Waals surface area contributed by atoms with Crippen molar-refractivity contribution in [2.45, 2.75) is 45.1 Å². The average Bonchev–Trinajstić information content (AvgIpc) is 2.63. The van der Waals surface area contributed by atoms with Crippen molar-refractivity contribution in [1.29, 1.82) is 0 Å². The molecule has 1 saturated heterocycles. The molecular weight excluding hydrogens is 280 g/mol. The molecule has 3 rings (SSSR count). The predicted octanol–water partition coefficient (Wildman–Crippen LogP) is 5.07. The van der Waals surface area contributed by atoms with Crippen molar-refractivity contribution in [3.8, 4) is 0 Å². The monoisotopic (exact) mass is 308 g/mol. The maximum atomic E-state index is 4.35. The first-order valence-corrected chi connectivity index (χ1v) is 9.07. The highest BCUT2D eigenvalue weighted by molar-refractivity contribution is 5.30. The molecule has 1 aromatic heterocycles. The second kappa shape index (κ2) is 8.26. The maximum Gasteiger partial charge on any atom is 0.0617 e. The van der Waals surface area contributed by atoms with Gasteiger partial charge in [-0.3, -0.25) is 9.88 Å². The van der Waals surface area contributed by atoms with Crippen LogP contribution in [0.25, 0.3) is 0 Å². The highest BCUT2D eigenvalue weighted by Crippen LogP contribution is 2.33. The van der Waals surface area contributed by atoms with E-state index < -0.39 is 0 Å². The van der Waals surface area contributed by atoms with Crippen molar-refractivity contribution >= 4 is 0 Å². The Kier molecular flexibility index (Phi) is 5.82. The molecule has 0 amide bonds. The van der Waals surface area contributed by atoms with Crippen molar-refractivity contribution in [1.82, 2.24) is 9.88 Å². The largest absolute Gasteiger partial charge is 0.292 e. The first-order chi connectivity index (χ1) is 11.4. The summed E-state index contributed by atoms with van der Waals surface area (Å²) in [4.78, 5) is 7.00. The molecule has 1 aliphatic rings. The Morgan fingerprint density at radius 2 is 1.78 bits per heavy atom. The summed E-state index contributed by atoms with van der Waals surface area (Å²) in [5, 5.41) is 0. The first kappa shape index (κ1) is 16.2. The Balaban J connectivity index is 1.75. The third-order valence-corrected chi connectivity index (χ3v) is 5.10. The summed E-state index contributed by atoms with van der Waals surface area (Å²) >= 11 is 0. The third-order valence-electron chi connectivity index (χ3n) is 5.10. The molecule has 2 heterocycles. The topological polar surface area (TPSA) is 16.1 Å². The Morgan fingerprint density at radius 3 is 2.43 bits per heavy atom. The molecule has 0 N–H and O–H groups in total. The van der Waals surface area contributed by atoms with Gasteiger partial charge in [0.05, 0.1) is 6.04 Å². The van der Waals surface area contributed by atoms with Crippen molar-refractivity contribution < 1.29 is 0 Å². The van der Waals surface area contributed by atoms with Gasteiger partial charge in [0, 0.05) is 12.4 Å². The van der Waals surface area contributed by atoms with Crippen LogP contribution in [0.2, 0.25) is 0 Å². The Morgan fingerprint density at radius 1 is 1.04 bits per heavy atom. The number of nitrogens with zero attached hydrogens (tertiary/aromatic N) is 2. The SMILES string of the molecule is CCCCC1CCN(C(c2ccccc2)c2cccnc2)CC1. The number of unbranched alkanes of at least 4 members (excludes halogenated alkanes) is 1. The van der Waals surface area contributed by atoms with Crippen LogP contribution in [-0.4, -0.2) is 23.0 Å². The number of hydrogen-bond acceptors (Lipinski definition) is 2. The highest BCUT2D eigenvalue weighted by atomic mass is 15.2. The summed E-state index contributed by atoms with van der Waals surface area (Å²) in [6.45, 7) is 4.69. The second-order valence-electron chi connectivity index (χ2n) is 6.72. The van der Waals surface area contributed by atoms with Crippen LogP contribution < -0.4 is 0 Å². The zero-order chi connectivity index (χ0) is 15.9. The second-order valence-corrected chi connectivity index (χ2v) is 6.72. The molecule has 1 aromatic carbocycles. The minimum Gasteiger partial charge on any atom is -0.292 e. The molecule has 0 bridgehead atoms. The molecule has 0 spiro atoms. The van der Waals surface area contributed by atoms with Gasteiger partial charge in [0.25, 0.3) is 0 Å². The lowest BCUT2D eigenvalue weighted by Gasteiger charge is -2.38. The number of pyridine rings is 1. The number of rotatable bonds is 6. The number of likely N-dealkylation sites (tertiary alicyclic amines) is 1. The van der Waals surface area contributed by atoms with E-state index in [2.05, 4.69) is 59.3 Å². The summed E-state index contributed by atoms with van der Waals surface area (Å²) in [6, 6.07) is 15.5. The van der Waals surface area contributed by atoms with Gasteiger partial charge in [0.2, 0.25) is 0 Å². The molecule has 0 radical (unpaired) electrons. The number of piperidine rings is 1. The van der Waals surface area contributed by atoms with Gasteiger partial charge in [-0.2, -0.15) is 0 Å². The van der Waals surface area contributed by atoms with Gasteiger partial charge in [-0.25, -0.2) is 0 Å². The zero-order valence-electron chi connectivity index (χ0n) is 14.2. The number of aromatic nitrogens is 1. The zero-order valence-corrected chi connectivity index (χ0v) is 14.2. The van der Waals surface area contributed by atoms with E-state index in [4.69, 9.17) is 0 Å². The summed E-state index contributed by atoms with van der Waals surface area (Å²) in [6.07, 6.45) is 10.7. The molecule has 1 atom stereocenters. The molecule has 1 unspecified atom stereocenters. The maximum absolute atomic E-state index is 4.35. The first-order valence-electron chi connectivity index (χ1n) is 9.07. The fraction of sp³-hybridized carbons (Fsp3) is 0.476. The summed E-state index contributed by atoms with van der Waals surface area (Å²) in [5.74, 6) is 0.927. The lowest BCUT2D eigenvalue weighted by molar-refractivity contribution is 0.146. The van der Waals surface area contributed by atoms with Crippen LogP contribution in [-0.2, 0) is 0 Å². The molecule has 0 aliphatic carbocycles. The van der Waals surface area contributed by atoms with Gasteiger partial charge in [-0.1, -0.05) is 62.6 Å². The fourth-order valence-electron chi connectivity index (χ4n) is 3.78. The lowest BCUT2D eigenvalue weighted by atomic mass is 9.89. The fourth-order valence-corrected chi connectivity index (χ4v) is 3.78. The van der Waals surface area contributed by atoms with E-state index in [1.807, 2.05) is 12.4 Å². The Labute approximate surface area is 140 Å². The normalized spacial score (nSPS) is 18.0. The molecule has 1 fully saturated rings. The van der Waals surface area contributed by atoms with Crippen molar-refractivity contribution in [3.05, 3.63) is 66.0 Å². The van der Waals surface area contributed by atoms with Crippen LogP contribution in [0, 0.1) is 5.92 Å². The summed E-state index contributed by atoms with van der Waals surface area (Å²) in [7, 11) is 0. The van der Waals surface area contributed by atoms with Crippen LogP contribution >= 0.6 is 0 Å². The van der Waals surface area contributed by atoms with Gasteiger partial charge < -0.3 is 0 Å². The summed E-state index contributed by atoms with van der Waals surface area (Å²) in [5.41, 5.74) is 2.69. The van der Waals surface area contributed by atoms with Crippen molar-refractivity contribution in [2.75, 3.05) is 13.1 Å². The Hall–Kier alpha value is -1.67. The van der Waals surface area contributed by atoms with Crippen molar-refractivity contribution in [2.24, 2.45) is 5.92 Å². The van der Waals surface area contributed by atoms with Gasteiger partial charge in [-0.05, 0) is 49.0 Å². The lowest BCUT2D eigenvalue weighted by Crippen LogP contribution is -2.37. The van der Waals surface area contributed by atoms with Crippen LogP contribution in [0.5, 0.6) is 0 Å². The molecule has 122 valence electrons. The van der Waals surface area contributed by atoms with E-state index in [-0.39, 0.29) is 0 Å². The summed E-state index contributed by atoms with van der Waals surface area (Å²) < 4.78 is 0. The quantitative estimate of drug-likeness (QED) is 0.740. The number of benzene rings is 1. The van der Waals surface area contributed by atoms with Gasteiger partial charge in [0.15, 0.2) is 0 Å². The number of hydrogen-bond donors (Lipinski definition) is 0. The van der Waals surface area contributed by atoms with Gasteiger partial charge in [0.1, 0.15) is 0 Å². The van der Waals surface area contributed by atoms with E-state index in [9.17, 15) is 0 Å². The molecule has 2 heteroatoms. The van der Waals surface area contributed by atoms with E-state index in [0.29, 0.717) is 6.04 Å². The molecule has 0 saturated carbocycles. The van der Waals surface area contributed by atoms with E-state index in [1.54, 1.807) is 0 Å². The van der Waals surface area contributed by atoms with E-state index in [1.165, 1.54) is 56.3 Å². The molecular formula is C21H28N2. The molecule has 2 nitrogen and oxygen atoms in total. The highest BCUT2D eigenvalue weighted by Gasteiger charge is 2.27. The van der Waals surface area contributed by atoms with Crippen molar-refractivity contribution in [3.63, 3.8) is 0 Å². The van der Waals surface area contributed by atoms with E-state index >= 15 is 0 Å². The predicted molar refractivity (Wildman–Crippen MR) is 96.3 cm³/mol. The van der Waals surface area contributed by atoms with Crippen LogP contribution in [0.15, 0.2) is 54.9 Å². The molecule has 2 aromatic rings. The minimum atomic E-state index is 0.344. The average molecular weight is 308 g/mol. The van der Waals surface area contributed by atoms with Crippen LogP contribution in [0.1, 0.15) is 56.2 Å². The van der Waals surface area contributed by atoms with Gasteiger partial charge >= 0.3 is 0 Å². The molecule has 1 aliphatic heterocycles. The van der Waals surface area contributed by atoms with E-state index in [0.717, 1.165) is 5.92 Å². The smallest absolute Gasteiger partial charge is 0.0617 e. The van der Waals surface area contributed by atoms with Gasteiger partial charge in [-0.15, -0.1) is 0 Å². The standard InChI is InChI=1S/C21H28N2/c1-2-3-8-18-12-15-23(16-13-18)21(19-9-5-4-6-10-19)20-11-7-14-22-17-20/h4-7,9-11,14,17-18,21H,2-3,8,12-13,15-16H2,1H3. The minimum absolute atomic E-state index is 0.344. The molecule has 23 heavy (non-hydrogen) atoms. The Bertz CT molecular complexity index is 519. The third kappa shape index (κ3) is 4.20. The van der Waals surface area contributed by atoms with Crippen LogP contribution in [0.4, 0.5) is 0 Å². The van der Waals surface area contributed by atoms with Crippen LogP contribution in [0.3, 0.4) is 0 Å².